The molecule has 0 atom stereocenters. The van der Waals surface area contributed by atoms with E-state index in [0.717, 1.165) is 77.2 Å². The molecule has 2 fully saturated rings. The van der Waals surface area contributed by atoms with Crippen LogP contribution in [-0.2, 0) is 9.59 Å². The molecule has 1 aliphatic heterocycles. The largest absolute Gasteiger partial charge is 0.356 e. The monoisotopic (exact) mass is 355 g/mol. The van der Waals surface area contributed by atoms with Crippen molar-refractivity contribution in [2.45, 2.75) is 39.0 Å². The Bertz CT molecular complexity index is 403. The average molecular weight is 356 g/mol. The molecule has 0 aromatic heterocycles. The molecule has 6 heteroatoms. The molecule has 1 saturated heterocycles. The molecule has 1 heterocycles. The van der Waals surface area contributed by atoms with Gasteiger partial charge in [0, 0.05) is 50.4 Å². The standard InChI is InChI=1S/C18H33N3O2S/c1-15(22)16-4-6-17(7-5-16)18(23)19-8-3-9-20-10-12-21(13-11-20)14-24-2/h16-17H,3-14H2,1-2H3,(H,19,23). The van der Waals surface area contributed by atoms with Gasteiger partial charge in [0.15, 0.2) is 0 Å². The van der Waals surface area contributed by atoms with Gasteiger partial charge in [-0.3, -0.25) is 14.5 Å². The molecule has 2 aliphatic rings. The van der Waals surface area contributed by atoms with Crippen molar-refractivity contribution in [3.8, 4) is 0 Å². The van der Waals surface area contributed by atoms with Crippen LogP contribution in [0.3, 0.4) is 0 Å². The number of nitrogens with zero attached hydrogens (tertiary/aromatic N) is 2. The number of rotatable bonds is 8. The Kier molecular flexibility index (Phi) is 8.56. The number of hydrogen-bond acceptors (Lipinski definition) is 5. The molecular weight excluding hydrogens is 322 g/mol. The Morgan fingerprint density at radius 3 is 2.17 bits per heavy atom. The molecule has 1 saturated carbocycles. The minimum Gasteiger partial charge on any atom is -0.356 e. The Morgan fingerprint density at radius 1 is 1.00 bits per heavy atom. The van der Waals surface area contributed by atoms with Crippen molar-refractivity contribution in [3.05, 3.63) is 0 Å². The van der Waals surface area contributed by atoms with E-state index < -0.39 is 0 Å². The third-order valence-corrected chi connectivity index (χ3v) is 6.02. The van der Waals surface area contributed by atoms with Gasteiger partial charge in [-0.05, 0) is 51.8 Å². The molecule has 5 nitrogen and oxygen atoms in total. The molecule has 0 bridgehead atoms. The number of amides is 1. The number of carbonyl (C=O) groups excluding carboxylic acids is 2. The van der Waals surface area contributed by atoms with Crippen molar-refractivity contribution >= 4 is 23.5 Å². The summed E-state index contributed by atoms with van der Waals surface area (Å²) in [4.78, 5) is 28.6. The first kappa shape index (κ1) is 19.7. The fourth-order valence-electron chi connectivity index (χ4n) is 3.75. The van der Waals surface area contributed by atoms with Gasteiger partial charge in [0.2, 0.25) is 5.91 Å². The first-order valence-electron chi connectivity index (χ1n) is 9.32. The zero-order valence-corrected chi connectivity index (χ0v) is 16.1. The van der Waals surface area contributed by atoms with Gasteiger partial charge in [0.05, 0.1) is 0 Å². The van der Waals surface area contributed by atoms with Crippen molar-refractivity contribution < 1.29 is 9.59 Å². The second-order valence-corrected chi connectivity index (χ2v) is 8.02. The molecule has 24 heavy (non-hydrogen) atoms. The minimum absolute atomic E-state index is 0.121. The maximum Gasteiger partial charge on any atom is 0.223 e. The maximum absolute atomic E-state index is 12.2. The summed E-state index contributed by atoms with van der Waals surface area (Å²) in [6.45, 7) is 8.12. The molecular formula is C18H33N3O2S. The number of thioether (sulfide) groups is 1. The minimum atomic E-state index is 0.121. The second kappa shape index (κ2) is 10.4. The zero-order chi connectivity index (χ0) is 17.4. The lowest BCUT2D eigenvalue weighted by Crippen LogP contribution is -2.46. The van der Waals surface area contributed by atoms with Gasteiger partial charge in [0.1, 0.15) is 5.78 Å². The quantitative estimate of drug-likeness (QED) is 0.673. The van der Waals surface area contributed by atoms with Crippen molar-refractivity contribution in [1.82, 2.24) is 15.1 Å². The number of hydrogen-bond donors (Lipinski definition) is 1. The second-order valence-electron chi connectivity index (χ2n) is 7.18. The number of ketones is 1. The van der Waals surface area contributed by atoms with E-state index >= 15 is 0 Å². The molecule has 1 aliphatic carbocycles. The summed E-state index contributed by atoms with van der Waals surface area (Å²) in [5, 5.41) is 3.10. The van der Waals surface area contributed by atoms with Crippen LogP contribution in [0.5, 0.6) is 0 Å². The molecule has 0 aromatic carbocycles. The van der Waals surface area contributed by atoms with E-state index in [9.17, 15) is 9.59 Å². The summed E-state index contributed by atoms with van der Waals surface area (Å²) >= 11 is 1.89. The lowest BCUT2D eigenvalue weighted by Gasteiger charge is -2.34. The van der Waals surface area contributed by atoms with E-state index in [-0.39, 0.29) is 23.5 Å². The Hall–Kier alpha value is -0.590. The van der Waals surface area contributed by atoms with Crippen LogP contribution in [0.15, 0.2) is 0 Å². The predicted molar refractivity (Wildman–Crippen MR) is 100 cm³/mol. The molecule has 0 spiro atoms. The molecule has 1 amide bonds. The van der Waals surface area contributed by atoms with E-state index in [1.807, 2.05) is 11.8 Å². The normalized spacial score (nSPS) is 26.2. The molecule has 0 radical (unpaired) electrons. The fourth-order valence-corrected chi connectivity index (χ4v) is 4.37. The van der Waals surface area contributed by atoms with Gasteiger partial charge < -0.3 is 10.2 Å². The highest BCUT2D eigenvalue weighted by molar-refractivity contribution is 7.98. The zero-order valence-electron chi connectivity index (χ0n) is 15.3. The van der Waals surface area contributed by atoms with Crippen molar-refractivity contribution in [2.75, 3.05) is 51.4 Å². The van der Waals surface area contributed by atoms with Gasteiger partial charge in [-0.15, -0.1) is 11.8 Å². The number of nitrogens with one attached hydrogen (secondary N) is 1. The lowest BCUT2D eigenvalue weighted by molar-refractivity contribution is -0.128. The lowest BCUT2D eigenvalue weighted by atomic mass is 9.80. The number of piperazine rings is 1. The van der Waals surface area contributed by atoms with E-state index in [4.69, 9.17) is 0 Å². The topological polar surface area (TPSA) is 52.6 Å². The maximum atomic E-state index is 12.2. The summed E-state index contributed by atoms with van der Waals surface area (Å²) in [6, 6.07) is 0. The van der Waals surface area contributed by atoms with Crippen LogP contribution in [0.4, 0.5) is 0 Å². The van der Waals surface area contributed by atoms with E-state index in [1.54, 1.807) is 6.92 Å². The highest BCUT2D eigenvalue weighted by atomic mass is 32.2. The first-order chi connectivity index (χ1) is 11.6. The first-order valence-corrected chi connectivity index (χ1v) is 10.7. The summed E-state index contributed by atoms with van der Waals surface area (Å²) < 4.78 is 0. The van der Waals surface area contributed by atoms with Crippen LogP contribution in [-0.4, -0.2) is 72.9 Å². The van der Waals surface area contributed by atoms with Gasteiger partial charge in [-0.1, -0.05) is 0 Å². The van der Waals surface area contributed by atoms with E-state index in [0.29, 0.717) is 0 Å². The third kappa shape index (κ3) is 6.37. The van der Waals surface area contributed by atoms with Crippen LogP contribution in [0.2, 0.25) is 0 Å². The predicted octanol–water partition coefficient (Wildman–Crippen LogP) is 1.83. The number of carbonyl (C=O) groups is 2. The Morgan fingerprint density at radius 2 is 1.58 bits per heavy atom. The van der Waals surface area contributed by atoms with Crippen LogP contribution in [0, 0.1) is 11.8 Å². The van der Waals surface area contributed by atoms with E-state index in [1.165, 1.54) is 0 Å². The van der Waals surface area contributed by atoms with Gasteiger partial charge in [-0.25, -0.2) is 0 Å². The summed E-state index contributed by atoms with van der Waals surface area (Å²) in [5.74, 6) is 1.93. The van der Waals surface area contributed by atoms with Crippen LogP contribution in [0.25, 0.3) is 0 Å². The van der Waals surface area contributed by atoms with Crippen LogP contribution < -0.4 is 5.32 Å². The SMILES string of the molecule is CSCN1CCN(CCCNC(=O)C2CCC(C(C)=O)CC2)CC1. The van der Waals surface area contributed by atoms with Gasteiger partial charge >= 0.3 is 0 Å². The molecule has 2 rings (SSSR count). The van der Waals surface area contributed by atoms with Gasteiger partial charge in [-0.2, -0.15) is 0 Å². The van der Waals surface area contributed by atoms with Crippen molar-refractivity contribution in [3.63, 3.8) is 0 Å². The van der Waals surface area contributed by atoms with E-state index in [2.05, 4.69) is 21.4 Å². The fraction of sp³-hybridized carbons (Fsp3) is 0.889. The van der Waals surface area contributed by atoms with Gasteiger partial charge in [0.25, 0.3) is 0 Å². The van der Waals surface area contributed by atoms with Crippen molar-refractivity contribution in [2.24, 2.45) is 11.8 Å². The third-order valence-electron chi connectivity index (χ3n) is 5.40. The molecule has 1 N–H and O–H groups in total. The van der Waals surface area contributed by atoms with Crippen LogP contribution >= 0.6 is 11.8 Å². The summed E-state index contributed by atoms with van der Waals surface area (Å²) in [7, 11) is 0. The molecule has 138 valence electrons. The highest BCUT2D eigenvalue weighted by Crippen LogP contribution is 2.29. The Balaban J connectivity index is 1.53. The summed E-state index contributed by atoms with van der Waals surface area (Å²) in [6.07, 6.45) is 6.68. The van der Waals surface area contributed by atoms with Crippen molar-refractivity contribution in [1.29, 1.82) is 0 Å². The molecule has 0 aromatic rings. The number of Topliss-reactive ketones (excluding diaryl/α,β-unsaturated/α-hetero) is 1. The van der Waals surface area contributed by atoms with Crippen LogP contribution in [0.1, 0.15) is 39.0 Å². The molecule has 0 unspecified atom stereocenters. The average Bonchev–Trinajstić information content (AvgIpc) is 2.60. The smallest absolute Gasteiger partial charge is 0.223 e. The Labute approximate surface area is 150 Å². The highest BCUT2D eigenvalue weighted by Gasteiger charge is 2.28. The summed E-state index contributed by atoms with van der Waals surface area (Å²) in [5.41, 5.74) is 0.